The second kappa shape index (κ2) is 4.68. The predicted octanol–water partition coefficient (Wildman–Crippen LogP) is 1.59. The molecule has 0 aliphatic heterocycles. The van der Waals surface area contributed by atoms with Crippen molar-refractivity contribution < 1.29 is 14.7 Å². The zero-order valence-electron chi connectivity index (χ0n) is 11.4. The molecule has 1 amide bonds. The molecule has 2 rings (SSSR count). The first-order chi connectivity index (χ1) is 8.87. The number of aliphatic carboxylic acids is 1. The maximum absolute atomic E-state index is 12.0. The van der Waals surface area contributed by atoms with Gasteiger partial charge in [-0.25, -0.2) is 0 Å². The van der Waals surface area contributed by atoms with E-state index in [9.17, 15) is 9.59 Å². The van der Waals surface area contributed by atoms with E-state index in [2.05, 4.69) is 10.4 Å². The van der Waals surface area contributed by atoms with E-state index in [0.717, 1.165) is 13.0 Å². The minimum absolute atomic E-state index is 0.265. The van der Waals surface area contributed by atoms with Crippen molar-refractivity contribution in [2.24, 2.45) is 17.3 Å². The summed E-state index contributed by atoms with van der Waals surface area (Å²) in [4.78, 5) is 23.1. The quantitative estimate of drug-likeness (QED) is 0.846. The van der Waals surface area contributed by atoms with Crippen molar-refractivity contribution in [1.82, 2.24) is 9.78 Å². The van der Waals surface area contributed by atoms with Gasteiger partial charge in [0, 0.05) is 18.8 Å². The Morgan fingerprint density at radius 1 is 1.47 bits per heavy atom. The smallest absolute Gasteiger partial charge is 0.307 e. The minimum atomic E-state index is -0.915. The molecule has 19 heavy (non-hydrogen) atoms. The van der Waals surface area contributed by atoms with E-state index in [4.69, 9.17) is 5.11 Å². The highest BCUT2D eigenvalue weighted by atomic mass is 16.4. The van der Waals surface area contributed by atoms with Crippen LogP contribution in [0.15, 0.2) is 12.3 Å². The molecule has 1 fully saturated rings. The number of anilines is 1. The number of carboxylic acids is 1. The summed E-state index contributed by atoms with van der Waals surface area (Å²) in [5.41, 5.74) is -0.484. The summed E-state index contributed by atoms with van der Waals surface area (Å²) in [6, 6.07) is 1.72. The third kappa shape index (κ3) is 2.47. The number of carbonyl (C=O) groups excluding carboxylic acids is 1. The van der Waals surface area contributed by atoms with E-state index >= 15 is 0 Å². The molecule has 1 aromatic heterocycles. The lowest BCUT2D eigenvalue weighted by Crippen LogP contribution is -2.18. The van der Waals surface area contributed by atoms with Crippen molar-refractivity contribution in [1.29, 1.82) is 0 Å². The zero-order valence-corrected chi connectivity index (χ0v) is 11.4. The van der Waals surface area contributed by atoms with Crippen molar-refractivity contribution in [3.8, 4) is 0 Å². The number of rotatable bonds is 5. The lowest BCUT2D eigenvalue weighted by molar-refractivity contribution is -0.140. The van der Waals surface area contributed by atoms with Crippen molar-refractivity contribution in [2.45, 2.75) is 33.7 Å². The van der Waals surface area contributed by atoms with Crippen LogP contribution in [0.4, 0.5) is 5.82 Å². The van der Waals surface area contributed by atoms with Gasteiger partial charge in [0.1, 0.15) is 0 Å². The Balaban J connectivity index is 2.00. The standard InChI is InChI=1S/C13H19N3O3/c1-4-6-16-7-5-8(15-16)14-11(17)9-10(12(18)19)13(9,2)3/h5,7,9-10H,4,6H2,1-3H3,(H,18,19)(H,14,15,17)/t9-,10-/m0/s1. The average molecular weight is 265 g/mol. The average Bonchev–Trinajstić information content (AvgIpc) is 2.65. The summed E-state index contributed by atoms with van der Waals surface area (Å²) in [7, 11) is 0. The molecule has 1 aromatic rings. The lowest BCUT2D eigenvalue weighted by Gasteiger charge is -2.03. The molecule has 0 radical (unpaired) electrons. The number of aromatic nitrogens is 2. The fraction of sp³-hybridized carbons (Fsp3) is 0.615. The SMILES string of the molecule is CCCn1ccc(NC(=O)[C@@H]2[C@@H](C(=O)O)C2(C)C)n1. The fourth-order valence-electron chi connectivity index (χ4n) is 2.57. The second-order valence-electron chi connectivity index (χ2n) is 5.57. The topological polar surface area (TPSA) is 84.2 Å². The van der Waals surface area contributed by atoms with E-state index in [-0.39, 0.29) is 5.91 Å². The first-order valence-corrected chi connectivity index (χ1v) is 6.45. The molecule has 1 heterocycles. The van der Waals surface area contributed by atoms with Gasteiger partial charge in [-0.1, -0.05) is 20.8 Å². The summed E-state index contributed by atoms with van der Waals surface area (Å²) < 4.78 is 1.75. The molecule has 2 atom stereocenters. The number of hydrogen-bond acceptors (Lipinski definition) is 3. The normalized spacial score (nSPS) is 23.9. The first kappa shape index (κ1) is 13.6. The number of nitrogens with zero attached hydrogens (tertiary/aromatic N) is 2. The number of amides is 1. The molecule has 6 nitrogen and oxygen atoms in total. The molecule has 104 valence electrons. The van der Waals surface area contributed by atoms with Gasteiger partial charge in [-0.3, -0.25) is 14.3 Å². The van der Waals surface area contributed by atoms with Crippen LogP contribution in [-0.4, -0.2) is 26.8 Å². The van der Waals surface area contributed by atoms with Crippen LogP contribution in [0.5, 0.6) is 0 Å². The van der Waals surface area contributed by atoms with Gasteiger partial charge in [0.15, 0.2) is 5.82 Å². The van der Waals surface area contributed by atoms with Crippen molar-refractivity contribution in [3.05, 3.63) is 12.3 Å². The van der Waals surface area contributed by atoms with Gasteiger partial charge in [-0.2, -0.15) is 5.10 Å². The molecule has 1 aliphatic carbocycles. The predicted molar refractivity (Wildman–Crippen MR) is 69.5 cm³/mol. The molecule has 2 N–H and O–H groups in total. The second-order valence-corrected chi connectivity index (χ2v) is 5.57. The van der Waals surface area contributed by atoms with E-state index in [1.165, 1.54) is 0 Å². The summed E-state index contributed by atoms with van der Waals surface area (Å²) in [6.45, 7) is 6.43. The van der Waals surface area contributed by atoms with E-state index in [1.54, 1.807) is 30.8 Å². The minimum Gasteiger partial charge on any atom is -0.481 e. The van der Waals surface area contributed by atoms with Gasteiger partial charge in [-0.15, -0.1) is 0 Å². The highest BCUT2D eigenvalue weighted by Crippen LogP contribution is 2.58. The van der Waals surface area contributed by atoms with Crippen LogP contribution in [0, 0.1) is 17.3 Å². The van der Waals surface area contributed by atoms with E-state index in [0.29, 0.717) is 5.82 Å². The third-order valence-electron chi connectivity index (χ3n) is 3.72. The molecule has 1 saturated carbocycles. The summed E-state index contributed by atoms with van der Waals surface area (Å²) >= 11 is 0. The molecule has 0 spiro atoms. The third-order valence-corrected chi connectivity index (χ3v) is 3.72. The van der Waals surface area contributed by atoms with Crippen LogP contribution in [0.3, 0.4) is 0 Å². The van der Waals surface area contributed by atoms with Crippen LogP contribution in [0.2, 0.25) is 0 Å². The van der Waals surface area contributed by atoms with E-state index in [1.807, 2.05) is 6.92 Å². The molecule has 0 bridgehead atoms. The summed E-state index contributed by atoms with van der Waals surface area (Å²) in [5.74, 6) is -1.79. The lowest BCUT2D eigenvalue weighted by atomic mass is 10.1. The van der Waals surface area contributed by atoms with Gasteiger partial charge in [0.2, 0.25) is 5.91 Å². The molecule has 1 aliphatic rings. The Labute approximate surface area is 111 Å². The highest BCUT2D eigenvalue weighted by Gasteiger charge is 2.65. The van der Waals surface area contributed by atoms with Crippen LogP contribution in [-0.2, 0) is 16.1 Å². The van der Waals surface area contributed by atoms with Gasteiger partial charge in [0.05, 0.1) is 11.8 Å². The number of hydrogen-bond donors (Lipinski definition) is 2. The Morgan fingerprint density at radius 3 is 2.68 bits per heavy atom. The molecule has 0 saturated heterocycles. The number of carboxylic acid groups (broad SMARTS) is 1. The Bertz CT molecular complexity index is 507. The Morgan fingerprint density at radius 2 is 2.16 bits per heavy atom. The number of aryl methyl sites for hydroxylation is 1. The van der Waals surface area contributed by atoms with Crippen molar-refractivity contribution >= 4 is 17.7 Å². The molecular weight excluding hydrogens is 246 g/mol. The number of nitrogens with one attached hydrogen (secondary N) is 1. The maximum atomic E-state index is 12.0. The Hall–Kier alpha value is -1.85. The highest BCUT2D eigenvalue weighted by molar-refractivity contribution is 5.99. The van der Waals surface area contributed by atoms with Crippen LogP contribution in [0.1, 0.15) is 27.2 Å². The summed E-state index contributed by atoms with van der Waals surface area (Å²) in [5, 5.41) is 15.9. The van der Waals surface area contributed by atoms with Crippen LogP contribution >= 0.6 is 0 Å². The molecule has 0 unspecified atom stereocenters. The van der Waals surface area contributed by atoms with Crippen LogP contribution < -0.4 is 5.32 Å². The molecule has 0 aromatic carbocycles. The fourth-order valence-corrected chi connectivity index (χ4v) is 2.57. The van der Waals surface area contributed by atoms with Crippen molar-refractivity contribution in [2.75, 3.05) is 5.32 Å². The maximum Gasteiger partial charge on any atom is 0.307 e. The monoisotopic (exact) mass is 265 g/mol. The van der Waals surface area contributed by atoms with Crippen molar-refractivity contribution in [3.63, 3.8) is 0 Å². The van der Waals surface area contributed by atoms with Gasteiger partial charge < -0.3 is 10.4 Å². The largest absolute Gasteiger partial charge is 0.481 e. The summed E-state index contributed by atoms with van der Waals surface area (Å²) in [6.07, 6.45) is 2.76. The van der Waals surface area contributed by atoms with Gasteiger partial charge >= 0.3 is 5.97 Å². The number of carbonyl (C=O) groups is 2. The van der Waals surface area contributed by atoms with Gasteiger partial charge in [0.25, 0.3) is 0 Å². The molecule has 6 heteroatoms. The molecular formula is C13H19N3O3. The van der Waals surface area contributed by atoms with E-state index < -0.39 is 23.2 Å². The first-order valence-electron chi connectivity index (χ1n) is 6.45. The van der Waals surface area contributed by atoms with Gasteiger partial charge in [-0.05, 0) is 11.8 Å². The van der Waals surface area contributed by atoms with Crippen LogP contribution in [0.25, 0.3) is 0 Å². The Kier molecular flexibility index (Phi) is 3.34. The zero-order chi connectivity index (χ0) is 14.2.